The second-order valence-electron chi connectivity index (χ2n) is 2.80. The molecular formula is C11H7F3OS. The Balaban J connectivity index is 2.88. The van der Waals surface area contributed by atoms with E-state index < -0.39 is 23.0 Å². The predicted octanol–water partition coefficient (Wildman–Crippen LogP) is 2.74. The molecule has 0 aromatic heterocycles. The van der Waals surface area contributed by atoms with E-state index in [1.807, 2.05) is 0 Å². The Hall–Kier alpha value is -1.41. The Morgan fingerprint density at radius 2 is 1.94 bits per heavy atom. The van der Waals surface area contributed by atoms with Gasteiger partial charge in [-0.25, -0.2) is 13.2 Å². The molecule has 16 heavy (non-hydrogen) atoms. The lowest BCUT2D eigenvalue weighted by Gasteiger charge is -1.97. The average Bonchev–Trinajstić information content (AvgIpc) is 2.22. The van der Waals surface area contributed by atoms with Crippen LogP contribution in [0.2, 0.25) is 0 Å². The summed E-state index contributed by atoms with van der Waals surface area (Å²) in [7, 11) is 0. The molecule has 5 heteroatoms. The normalized spacial score (nSPS) is 9.50. The van der Waals surface area contributed by atoms with Crippen LogP contribution in [0.5, 0.6) is 0 Å². The molecule has 1 aromatic carbocycles. The molecule has 0 aliphatic rings. The van der Waals surface area contributed by atoms with E-state index in [9.17, 15) is 18.0 Å². The molecule has 0 heterocycles. The van der Waals surface area contributed by atoms with Gasteiger partial charge in [-0.15, -0.1) is 0 Å². The summed E-state index contributed by atoms with van der Waals surface area (Å²) in [5.74, 6) is 1.30. The lowest BCUT2D eigenvalue weighted by atomic mass is 10.2. The van der Waals surface area contributed by atoms with Gasteiger partial charge in [-0.3, -0.25) is 4.79 Å². The van der Waals surface area contributed by atoms with E-state index in [-0.39, 0.29) is 10.9 Å². The van der Waals surface area contributed by atoms with Crippen LogP contribution in [0.3, 0.4) is 0 Å². The van der Waals surface area contributed by atoms with Gasteiger partial charge in [-0.05, 0) is 12.1 Å². The highest BCUT2D eigenvalue weighted by atomic mass is 32.2. The first-order valence-corrected chi connectivity index (χ1v) is 5.26. The van der Waals surface area contributed by atoms with E-state index in [1.165, 1.54) is 6.92 Å². The Kier molecular flexibility index (Phi) is 4.44. The summed E-state index contributed by atoms with van der Waals surface area (Å²) in [6.07, 6.45) is 0. The van der Waals surface area contributed by atoms with Crippen molar-refractivity contribution >= 4 is 16.9 Å². The molecule has 0 amide bonds. The van der Waals surface area contributed by atoms with E-state index in [2.05, 4.69) is 11.8 Å². The highest BCUT2D eigenvalue weighted by molar-refractivity contribution is 8.13. The smallest absolute Gasteiger partial charge is 0.186 e. The van der Waals surface area contributed by atoms with Crippen LogP contribution in [0.25, 0.3) is 0 Å². The van der Waals surface area contributed by atoms with E-state index in [0.717, 1.165) is 17.8 Å². The first-order valence-electron chi connectivity index (χ1n) is 4.28. The molecule has 0 unspecified atom stereocenters. The second kappa shape index (κ2) is 5.61. The summed E-state index contributed by atoms with van der Waals surface area (Å²) in [4.78, 5) is 10.5. The number of halogens is 3. The molecule has 0 fully saturated rings. The standard InChI is InChI=1S/C11H7F3OS/c1-7(15)16-6-2-3-8-9(12)4-5-10(13)11(8)14/h4-5H,6H2,1H3. The van der Waals surface area contributed by atoms with Gasteiger partial charge in [0.05, 0.1) is 11.3 Å². The van der Waals surface area contributed by atoms with Crippen molar-refractivity contribution in [3.8, 4) is 11.8 Å². The molecular weight excluding hydrogens is 237 g/mol. The second-order valence-corrected chi connectivity index (χ2v) is 3.95. The third-order valence-electron chi connectivity index (χ3n) is 1.60. The van der Waals surface area contributed by atoms with E-state index in [0.29, 0.717) is 6.07 Å². The molecule has 0 saturated carbocycles. The molecule has 0 spiro atoms. The van der Waals surface area contributed by atoms with Gasteiger partial charge in [0.2, 0.25) is 0 Å². The first-order chi connectivity index (χ1) is 7.52. The Labute approximate surface area is 95.0 Å². The van der Waals surface area contributed by atoms with E-state index in [1.54, 1.807) is 0 Å². The Bertz CT molecular complexity index is 474. The number of carbonyl (C=O) groups excluding carboxylic acids is 1. The van der Waals surface area contributed by atoms with Gasteiger partial charge in [0.1, 0.15) is 5.82 Å². The van der Waals surface area contributed by atoms with Crippen molar-refractivity contribution in [2.75, 3.05) is 5.75 Å². The number of rotatable bonds is 1. The molecule has 0 bridgehead atoms. The van der Waals surface area contributed by atoms with Crippen LogP contribution in [0.4, 0.5) is 13.2 Å². The third kappa shape index (κ3) is 3.31. The van der Waals surface area contributed by atoms with Crippen molar-refractivity contribution in [1.82, 2.24) is 0 Å². The maximum absolute atomic E-state index is 13.1. The summed E-state index contributed by atoms with van der Waals surface area (Å²) in [5, 5.41) is -0.144. The highest BCUT2D eigenvalue weighted by Crippen LogP contribution is 2.14. The SMILES string of the molecule is CC(=O)SCC#Cc1c(F)ccc(F)c1F. The van der Waals surface area contributed by atoms with Gasteiger partial charge in [-0.2, -0.15) is 0 Å². The van der Waals surface area contributed by atoms with Crippen LogP contribution < -0.4 is 0 Å². The predicted molar refractivity (Wildman–Crippen MR) is 56.3 cm³/mol. The van der Waals surface area contributed by atoms with Gasteiger partial charge in [0.15, 0.2) is 16.7 Å². The quantitative estimate of drug-likeness (QED) is 0.558. The fourth-order valence-corrected chi connectivity index (χ4v) is 1.25. The number of carbonyl (C=O) groups is 1. The maximum atomic E-state index is 13.1. The van der Waals surface area contributed by atoms with Crippen LogP contribution in [0.1, 0.15) is 12.5 Å². The maximum Gasteiger partial charge on any atom is 0.186 e. The molecule has 0 saturated heterocycles. The van der Waals surface area contributed by atoms with Crippen molar-refractivity contribution in [2.24, 2.45) is 0 Å². The molecule has 0 aliphatic heterocycles. The number of hydrogen-bond acceptors (Lipinski definition) is 2. The fraction of sp³-hybridized carbons (Fsp3) is 0.182. The van der Waals surface area contributed by atoms with Crippen molar-refractivity contribution in [2.45, 2.75) is 6.92 Å². The van der Waals surface area contributed by atoms with Crippen LogP contribution in [0.15, 0.2) is 12.1 Å². The summed E-state index contributed by atoms with van der Waals surface area (Å²) < 4.78 is 38.8. The third-order valence-corrected chi connectivity index (χ3v) is 2.30. The van der Waals surface area contributed by atoms with Crippen molar-refractivity contribution in [3.63, 3.8) is 0 Å². The zero-order chi connectivity index (χ0) is 12.1. The summed E-state index contributed by atoms with van der Waals surface area (Å²) in [6, 6.07) is 1.50. The molecule has 84 valence electrons. The molecule has 1 nitrogen and oxygen atoms in total. The lowest BCUT2D eigenvalue weighted by Crippen LogP contribution is -1.94. The molecule has 0 aliphatic carbocycles. The zero-order valence-corrected chi connectivity index (χ0v) is 9.13. The zero-order valence-electron chi connectivity index (χ0n) is 8.31. The Morgan fingerprint density at radius 1 is 1.31 bits per heavy atom. The van der Waals surface area contributed by atoms with Gasteiger partial charge < -0.3 is 0 Å². The van der Waals surface area contributed by atoms with Gasteiger partial charge in [0, 0.05) is 6.92 Å². The number of thioether (sulfide) groups is 1. The van der Waals surface area contributed by atoms with Gasteiger partial charge >= 0.3 is 0 Å². The largest absolute Gasteiger partial charge is 0.288 e. The van der Waals surface area contributed by atoms with E-state index in [4.69, 9.17) is 0 Å². The van der Waals surface area contributed by atoms with Crippen LogP contribution in [0, 0.1) is 29.3 Å². The molecule has 0 radical (unpaired) electrons. The minimum Gasteiger partial charge on any atom is -0.288 e. The van der Waals surface area contributed by atoms with Crippen molar-refractivity contribution in [1.29, 1.82) is 0 Å². The average molecular weight is 244 g/mol. The van der Waals surface area contributed by atoms with Crippen LogP contribution in [-0.4, -0.2) is 10.9 Å². The first kappa shape index (κ1) is 12.7. The van der Waals surface area contributed by atoms with Gasteiger partial charge in [0.25, 0.3) is 0 Å². The molecule has 1 aromatic rings. The molecule has 1 rings (SSSR count). The van der Waals surface area contributed by atoms with Crippen molar-refractivity contribution in [3.05, 3.63) is 35.1 Å². The number of benzene rings is 1. The minimum atomic E-state index is -1.31. The molecule has 0 atom stereocenters. The van der Waals surface area contributed by atoms with Gasteiger partial charge in [-0.1, -0.05) is 23.6 Å². The van der Waals surface area contributed by atoms with Crippen LogP contribution >= 0.6 is 11.8 Å². The van der Waals surface area contributed by atoms with E-state index >= 15 is 0 Å². The monoisotopic (exact) mass is 244 g/mol. The number of hydrogen-bond donors (Lipinski definition) is 0. The lowest BCUT2D eigenvalue weighted by molar-refractivity contribution is -0.109. The minimum absolute atomic E-state index is 0.116. The summed E-state index contributed by atoms with van der Waals surface area (Å²) in [5.41, 5.74) is -0.607. The fourth-order valence-electron chi connectivity index (χ4n) is 0.904. The topological polar surface area (TPSA) is 17.1 Å². The summed E-state index contributed by atoms with van der Waals surface area (Å²) >= 11 is 0.915. The van der Waals surface area contributed by atoms with Crippen LogP contribution in [-0.2, 0) is 4.79 Å². The molecule has 0 N–H and O–H groups in total. The Morgan fingerprint density at radius 3 is 2.56 bits per heavy atom. The summed E-state index contributed by atoms with van der Waals surface area (Å²) in [6.45, 7) is 1.36. The van der Waals surface area contributed by atoms with Crippen molar-refractivity contribution < 1.29 is 18.0 Å². The highest BCUT2D eigenvalue weighted by Gasteiger charge is 2.11.